The van der Waals surface area contributed by atoms with Gasteiger partial charge in [0, 0.05) is 49.8 Å². The number of ether oxygens (including phenoxy) is 2. The van der Waals surface area contributed by atoms with Crippen LogP contribution in [0.5, 0.6) is 0 Å². The maximum Gasteiger partial charge on any atom is 0.256 e. The van der Waals surface area contributed by atoms with Crippen LogP contribution in [0.2, 0.25) is 0 Å². The van der Waals surface area contributed by atoms with Crippen molar-refractivity contribution in [2.24, 2.45) is 29.6 Å². The van der Waals surface area contributed by atoms with Gasteiger partial charge in [-0.05, 0) is 103 Å². The Morgan fingerprint density at radius 1 is 0.959 bits per heavy atom. The number of alkyl halides is 1. The van der Waals surface area contributed by atoms with E-state index in [-0.39, 0.29) is 53.7 Å². The first-order chi connectivity index (χ1) is 23.9. The minimum atomic E-state index is -1.26. The Kier molecular flexibility index (Phi) is 11.4. The van der Waals surface area contributed by atoms with Crippen molar-refractivity contribution in [2.75, 3.05) is 39.9 Å². The maximum absolute atomic E-state index is 16.3. The summed E-state index contributed by atoms with van der Waals surface area (Å²) in [6.07, 6.45) is 14.1. The van der Waals surface area contributed by atoms with Crippen molar-refractivity contribution in [3.8, 4) is 0 Å². The van der Waals surface area contributed by atoms with Gasteiger partial charge in [0.2, 0.25) is 0 Å². The van der Waals surface area contributed by atoms with Crippen LogP contribution in [0.15, 0.2) is 11.8 Å². The van der Waals surface area contributed by atoms with Gasteiger partial charge in [-0.1, -0.05) is 32.6 Å². The summed E-state index contributed by atoms with van der Waals surface area (Å²) in [5, 5.41) is 6.59. The summed E-state index contributed by atoms with van der Waals surface area (Å²) in [5.41, 5.74) is 0.164. The number of hydrogen-bond donors (Lipinski definition) is 2. The third kappa shape index (κ3) is 7.14. The van der Waals surface area contributed by atoms with E-state index < -0.39 is 24.2 Å². The molecule has 6 fully saturated rings. The number of Topliss-reactive ketones (excluding diaryl/α,β-unsaturated/α-hetero) is 2. The lowest BCUT2D eigenvalue weighted by Crippen LogP contribution is -2.73. The Morgan fingerprint density at radius 3 is 2.61 bits per heavy atom. The first kappa shape index (κ1) is 35.5. The number of rotatable bonds is 14. The lowest BCUT2D eigenvalue weighted by molar-refractivity contribution is -0.206. The Balaban J connectivity index is 1.08. The second kappa shape index (κ2) is 15.8. The first-order valence-corrected chi connectivity index (χ1v) is 20.0. The van der Waals surface area contributed by atoms with E-state index in [1.165, 1.54) is 19.3 Å². The molecule has 4 saturated carbocycles. The molecule has 274 valence electrons. The summed E-state index contributed by atoms with van der Waals surface area (Å²) in [4.78, 5) is 46.1. The molecule has 0 aromatic heterocycles. The number of ketones is 2. The van der Waals surface area contributed by atoms with Gasteiger partial charge in [0.25, 0.3) is 5.91 Å². The molecule has 9 nitrogen and oxygen atoms in total. The number of carbonyl (C=O) groups is 3. The normalized spacial score (nSPS) is 40.0. The molecular weight excluding hydrogens is 623 g/mol. The zero-order valence-electron chi connectivity index (χ0n) is 30.0. The molecule has 10 heteroatoms. The second-order valence-electron chi connectivity index (χ2n) is 16.4. The van der Waals surface area contributed by atoms with E-state index in [9.17, 15) is 14.4 Å². The molecule has 0 aromatic carbocycles. The van der Waals surface area contributed by atoms with Crippen LogP contribution in [-0.2, 0) is 23.9 Å². The van der Waals surface area contributed by atoms with Crippen molar-refractivity contribution in [3.05, 3.63) is 11.8 Å². The highest BCUT2D eigenvalue weighted by molar-refractivity contribution is 6.20. The summed E-state index contributed by atoms with van der Waals surface area (Å²) in [6.45, 7) is 5.98. The van der Waals surface area contributed by atoms with Gasteiger partial charge in [-0.25, -0.2) is 4.39 Å². The van der Waals surface area contributed by atoms with Crippen molar-refractivity contribution in [1.82, 2.24) is 20.4 Å². The summed E-state index contributed by atoms with van der Waals surface area (Å²) < 4.78 is 28.8. The van der Waals surface area contributed by atoms with Gasteiger partial charge < -0.3 is 29.9 Å². The topological polar surface area (TPSA) is 100 Å². The number of nitrogens with one attached hydrogen (secondary N) is 2. The smallest absolute Gasteiger partial charge is 0.256 e. The summed E-state index contributed by atoms with van der Waals surface area (Å²) in [5.74, 6) is 0.140. The molecule has 12 unspecified atom stereocenters. The molecule has 7 rings (SSSR count). The maximum atomic E-state index is 16.3. The van der Waals surface area contributed by atoms with Gasteiger partial charge in [-0.2, -0.15) is 0 Å². The molecule has 0 aromatic rings. The summed E-state index contributed by atoms with van der Waals surface area (Å²) in [7, 11) is 2.17. The summed E-state index contributed by atoms with van der Waals surface area (Å²) >= 11 is 0. The average molecular weight is 685 g/mol. The van der Waals surface area contributed by atoms with Crippen molar-refractivity contribution < 1.29 is 28.2 Å². The average Bonchev–Trinajstić information content (AvgIpc) is 3.64. The van der Waals surface area contributed by atoms with Crippen LogP contribution in [0.25, 0.3) is 0 Å². The highest BCUT2D eigenvalue weighted by Crippen LogP contribution is 2.56. The second-order valence-corrected chi connectivity index (χ2v) is 16.4. The Bertz CT molecular complexity index is 1230. The monoisotopic (exact) mass is 684 g/mol. The minimum absolute atomic E-state index is 0.00662. The Hall–Kier alpha value is -1.88. The van der Waals surface area contributed by atoms with Gasteiger partial charge in [0.1, 0.15) is 12.0 Å². The highest BCUT2D eigenvalue weighted by Gasteiger charge is 2.62. The van der Waals surface area contributed by atoms with E-state index in [0.717, 1.165) is 84.0 Å². The Morgan fingerprint density at radius 2 is 1.80 bits per heavy atom. The predicted octanol–water partition coefficient (Wildman–Crippen LogP) is 4.58. The van der Waals surface area contributed by atoms with Gasteiger partial charge in [0.05, 0.1) is 35.9 Å². The number of carbonyl (C=O) groups excluding carboxylic acids is 3. The zero-order chi connectivity index (χ0) is 34.1. The molecule has 0 spiro atoms. The molecular formula is C39H61FN4O5. The van der Waals surface area contributed by atoms with Crippen molar-refractivity contribution in [2.45, 2.75) is 146 Å². The molecule has 1 amide bonds. The number of unbranched alkanes of at least 4 members (excludes halogenated alkanes) is 3. The molecule has 0 bridgehead atoms. The van der Waals surface area contributed by atoms with Gasteiger partial charge in [-0.15, -0.1) is 0 Å². The van der Waals surface area contributed by atoms with Crippen LogP contribution in [0.3, 0.4) is 0 Å². The third-order valence-corrected chi connectivity index (χ3v) is 13.6. The minimum Gasteiger partial charge on any atom is -0.381 e. The third-order valence-electron chi connectivity index (χ3n) is 13.6. The zero-order valence-corrected chi connectivity index (χ0v) is 30.0. The standard InChI is InChI=1S/C39H61FN4O5/c1-3-18-48-19-9-5-4-8-15-42-39(47)30-23-44-32-21-27-25-12-6-7-13-26(25)36(45)28(27)22-33(32)49-38-34(31(40)20-29(35(38)44)37(30)46)41-16-14-24-11-10-17-43(24)2/h23-29,31-35,38,41H,3-22H2,1-2H3,(H,42,47). The van der Waals surface area contributed by atoms with Crippen LogP contribution in [0, 0.1) is 29.6 Å². The van der Waals surface area contributed by atoms with Crippen LogP contribution in [-0.4, -0.2) is 110 Å². The number of morpholine rings is 1. The number of hydrogen-bond acceptors (Lipinski definition) is 8. The SMILES string of the molecule is CCCOCCCCCCNC(=O)C1=CN2C3CC4C(CC3OC3C(NCCC5CCCN5C)C(F)CC(C1=O)C32)C(=O)C1CCCCC14. The predicted molar refractivity (Wildman–Crippen MR) is 185 cm³/mol. The van der Waals surface area contributed by atoms with Crippen LogP contribution in [0.4, 0.5) is 4.39 Å². The first-order valence-electron chi connectivity index (χ1n) is 20.0. The van der Waals surface area contributed by atoms with Gasteiger partial charge >= 0.3 is 0 Å². The number of fused-ring (bicyclic) bond motifs is 5. The van der Waals surface area contributed by atoms with Crippen LogP contribution >= 0.6 is 0 Å². The number of likely N-dealkylation sites (tertiary alicyclic amines) is 1. The summed E-state index contributed by atoms with van der Waals surface area (Å²) in [6, 6.07) is -0.356. The van der Waals surface area contributed by atoms with Gasteiger partial charge in [0.15, 0.2) is 5.78 Å². The molecule has 2 saturated heterocycles. The van der Waals surface area contributed by atoms with E-state index in [2.05, 4.69) is 34.4 Å². The van der Waals surface area contributed by atoms with Crippen LogP contribution < -0.4 is 10.6 Å². The Labute approximate surface area is 292 Å². The van der Waals surface area contributed by atoms with Crippen molar-refractivity contribution in [3.63, 3.8) is 0 Å². The fraction of sp³-hybridized carbons (Fsp3) is 0.872. The largest absolute Gasteiger partial charge is 0.381 e. The fourth-order valence-electron chi connectivity index (χ4n) is 11.1. The molecule has 0 radical (unpaired) electrons. The van der Waals surface area contributed by atoms with E-state index in [0.29, 0.717) is 43.2 Å². The van der Waals surface area contributed by atoms with E-state index in [4.69, 9.17) is 9.47 Å². The van der Waals surface area contributed by atoms with E-state index in [1.807, 2.05) is 6.20 Å². The molecule has 3 heterocycles. The van der Waals surface area contributed by atoms with E-state index >= 15 is 4.39 Å². The molecule has 2 N–H and O–H groups in total. The lowest BCUT2D eigenvalue weighted by Gasteiger charge is -2.60. The molecule has 3 aliphatic heterocycles. The number of halogens is 1. The van der Waals surface area contributed by atoms with Crippen molar-refractivity contribution >= 4 is 17.5 Å². The highest BCUT2D eigenvalue weighted by atomic mass is 19.1. The molecule has 49 heavy (non-hydrogen) atoms. The quantitative estimate of drug-likeness (QED) is 0.203. The molecule has 7 aliphatic rings. The molecule has 12 atom stereocenters. The fourth-order valence-corrected chi connectivity index (χ4v) is 11.1. The van der Waals surface area contributed by atoms with Crippen molar-refractivity contribution in [1.29, 1.82) is 0 Å². The lowest BCUT2D eigenvalue weighted by atomic mass is 9.66. The van der Waals surface area contributed by atoms with Crippen LogP contribution in [0.1, 0.15) is 103 Å². The number of amides is 1. The number of nitrogens with zero attached hydrogens (tertiary/aromatic N) is 2. The molecule has 4 aliphatic carbocycles. The van der Waals surface area contributed by atoms with Gasteiger partial charge in [-0.3, -0.25) is 14.4 Å². The van der Waals surface area contributed by atoms with E-state index in [1.54, 1.807) is 0 Å².